The molecule has 0 amide bonds. The minimum atomic E-state index is 0.0509. The average Bonchev–Trinajstić information content (AvgIpc) is 2.38. The number of likely N-dealkylation sites (tertiary alicyclic amines) is 1. The molecule has 2 aliphatic rings. The fourth-order valence-corrected chi connectivity index (χ4v) is 1.95. The molecule has 1 heterocycles. The summed E-state index contributed by atoms with van der Waals surface area (Å²) in [6, 6.07) is 0.667. The Balaban J connectivity index is 1.89. The van der Waals surface area contributed by atoms with Crippen LogP contribution < -0.4 is 0 Å². The molecule has 58 valence electrons. The van der Waals surface area contributed by atoms with Crippen molar-refractivity contribution in [2.75, 3.05) is 13.1 Å². The lowest BCUT2D eigenvalue weighted by Gasteiger charge is -2.22. The van der Waals surface area contributed by atoms with Crippen LogP contribution in [0.1, 0.15) is 13.8 Å². The highest BCUT2D eigenvalue weighted by atomic mass is 16.3. The van der Waals surface area contributed by atoms with E-state index in [1.165, 1.54) is 0 Å². The van der Waals surface area contributed by atoms with Crippen LogP contribution in [0.15, 0.2) is 0 Å². The zero-order valence-corrected chi connectivity index (χ0v) is 6.62. The Morgan fingerprint density at radius 1 is 1.30 bits per heavy atom. The largest absolute Gasteiger partial charge is 0.392 e. The number of hydrogen-bond donors (Lipinski definition) is 1. The molecule has 2 nitrogen and oxygen atoms in total. The molecule has 1 aliphatic carbocycles. The van der Waals surface area contributed by atoms with Gasteiger partial charge in [0.15, 0.2) is 0 Å². The van der Waals surface area contributed by atoms with Gasteiger partial charge < -0.3 is 10.0 Å². The summed E-state index contributed by atoms with van der Waals surface area (Å²) in [5, 5.41) is 9.22. The number of rotatable bonds is 1. The Kier molecular flexibility index (Phi) is 1.29. The fourth-order valence-electron chi connectivity index (χ4n) is 1.95. The standard InChI is InChI=1S/C8H15NO/c1-5(2)9-3-6-7(4-9)8(6)10/h5-8,10H,3-4H2,1-2H3. The van der Waals surface area contributed by atoms with Gasteiger partial charge in [0.1, 0.15) is 0 Å². The van der Waals surface area contributed by atoms with E-state index in [0.29, 0.717) is 17.9 Å². The van der Waals surface area contributed by atoms with Crippen molar-refractivity contribution in [1.29, 1.82) is 0 Å². The van der Waals surface area contributed by atoms with E-state index in [9.17, 15) is 5.11 Å². The number of nitrogens with zero attached hydrogens (tertiary/aromatic N) is 1. The lowest BCUT2D eigenvalue weighted by atomic mass is 10.3. The fraction of sp³-hybridized carbons (Fsp3) is 1.00. The molecular weight excluding hydrogens is 126 g/mol. The molecular formula is C8H15NO. The number of piperidine rings is 1. The maximum absolute atomic E-state index is 9.22. The molecule has 10 heavy (non-hydrogen) atoms. The molecule has 0 radical (unpaired) electrons. The van der Waals surface area contributed by atoms with Crippen LogP contribution >= 0.6 is 0 Å². The Bertz CT molecular complexity index is 134. The molecule has 0 bridgehead atoms. The van der Waals surface area contributed by atoms with E-state index < -0.39 is 0 Å². The number of fused-ring (bicyclic) bond motifs is 1. The summed E-state index contributed by atoms with van der Waals surface area (Å²) in [4.78, 5) is 2.45. The molecule has 1 saturated heterocycles. The maximum Gasteiger partial charge on any atom is 0.0629 e. The molecule has 1 aliphatic heterocycles. The molecule has 1 N–H and O–H groups in total. The van der Waals surface area contributed by atoms with Crippen molar-refractivity contribution >= 4 is 0 Å². The minimum absolute atomic E-state index is 0.0509. The number of aliphatic hydroxyl groups is 1. The Labute approximate surface area is 61.8 Å². The van der Waals surface area contributed by atoms with Gasteiger partial charge in [0.25, 0.3) is 0 Å². The Morgan fingerprint density at radius 3 is 2.20 bits per heavy atom. The molecule has 1 saturated carbocycles. The normalized spacial score (nSPS) is 46.2. The van der Waals surface area contributed by atoms with Crippen LogP contribution in [0.4, 0.5) is 0 Å². The highest BCUT2D eigenvalue weighted by molar-refractivity contribution is 5.06. The monoisotopic (exact) mass is 141 g/mol. The summed E-state index contributed by atoms with van der Waals surface area (Å²) in [7, 11) is 0. The van der Waals surface area contributed by atoms with E-state index in [-0.39, 0.29) is 6.10 Å². The van der Waals surface area contributed by atoms with Gasteiger partial charge in [0, 0.05) is 31.0 Å². The number of aliphatic hydroxyl groups excluding tert-OH is 1. The van der Waals surface area contributed by atoms with Gasteiger partial charge in [-0.2, -0.15) is 0 Å². The van der Waals surface area contributed by atoms with Gasteiger partial charge in [0.2, 0.25) is 0 Å². The van der Waals surface area contributed by atoms with Crippen molar-refractivity contribution in [3.05, 3.63) is 0 Å². The highest BCUT2D eigenvalue weighted by Gasteiger charge is 2.55. The van der Waals surface area contributed by atoms with Crippen molar-refractivity contribution in [3.63, 3.8) is 0 Å². The van der Waals surface area contributed by atoms with Crippen LogP contribution in [0.25, 0.3) is 0 Å². The quantitative estimate of drug-likeness (QED) is 0.568. The molecule has 2 unspecified atom stereocenters. The topological polar surface area (TPSA) is 23.5 Å². The van der Waals surface area contributed by atoms with Crippen LogP contribution in [-0.4, -0.2) is 35.2 Å². The van der Waals surface area contributed by atoms with E-state index in [4.69, 9.17) is 0 Å². The van der Waals surface area contributed by atoms with Crippen molar-refractivity contribution < 1.29 is 5.11 Å². The summed E-state index contributed by atoms with van der Waals surface area (Å²) >= 11 is 0. The highest BCUT2D eigenvalue weighted by Crippen LogP contribution is 2.45. The smallest absolute Gasteiger partial charge is 0.0629 e. The molecule has 2 rings (SSSR count). The van der Waals surface area contributed by atoms with Gasteiger partial charge in [-0.05, 0) is 13.8 Å². The second-order valence-corrected chi connectivity index (χ2v) is 3.87. The maximum atomic E-state index is 9.22. The SMILES string of the molecule is CC(C)N1CC2C(O)C2C1. The van der Waals surface area contributed by atoms with E-state index in [1.807, 2.05) is 0 Å². The Morgan fingerprint density at radius 2 is 1.80 bits per heavy atom. The molecule has 0 aromatic heterocycles. The van der Waals surface area contributed by atoms with Crippen molar-refractivity contribution in [3.8, 4) is 0 Å². The van der Waals surface area contributed by atoms with E-state index in [1.54, 1.807) is 0 Å². The molecule has 2 atom stereocenters. The van der Waals surface area contributed by atoms with Crippen molar-refractivity contribution in [2.24, 2.45) is 11.8 Å². The lowest BCUT2D eigenvalue weighted by molar-refractivity contribution is 0.168. The predicted octanol–water partition coefficient (Wildman–Crippen LogP) is 0.317. The zero-order chi connectivity index (χ0) is 7.30. The van der Waals surface area contributed by atoms with Gasteiger partial charge in [-0.25, -0.2) is 0 Å². The first kappa shape index (κ1) is 6.62. The van der Waals surface area contributed by atoms with Gasteiger partial charge >= 0.3 is 0 Å². The van der Waals surface area contributed by atoms with E-state index in [2.05, 4.69) is 18.7 Å². The summed E-state index contributed by atoms with van der Waals surface area (Å²) in [5.41, 5.74) is 0. The third-order valence-corrected chi connectivity index (χ3v) is 2.91. The summed E-state index contributed by atoms with van der Waals surface area (Å²) in [6.45, 7) is 6.70. The van der Waals surface area contributed by atoms with Gasteiger partial charge in [0.05, 0.1) is 6.10 Å². The minimum Gasteiger partial charge on any atom is -0.392 e. The molecule has 0 aromatic carbocycles. The van der Waals surface area contributed by atoms with E-state index in [0.717, 1.165) is 13.1 Å². The second kappa shape index (κ2) is 1.95. The molecule has 2 fully saturated rings. The number of hydrogen-bond acceptors (Lipinski definition) is 2. The lowest BCUT2D eigenvalue weighted by Crippen LogP contribution is -2.31. The molecule has 0 spiro atoms. The molecule has 0 aromatic rings. The van der Waals surface area contributed by atoms with Gasteiger partial charge in [-0.3, -0.25) is 0 Å². The van der Waals surface area contributed by atoms with Crippen molar-refractivity contribution in [2.45, 2.75) is 26.0 Å². The first-order valence-electron chi connectivity index (χ1n) is 4.12. The summed E-state index contributed by atoms with van der Waals surface area (Å²) in [6.07, 6.45) is 0.0509. The third-order valence-electron chi connectivity index (χ3n) is 2.91. The van der Waals surface area contributed by atoms with E-state index >= 15 is 0 Å². The summed E-state index contributed by atoms with van der Waals surface area (Å²) < 4.78 is 0. The third kappa shape index (κ3) is 0.789. The van der Waals surface area contributed by atoms with Crippen LogP contribution in [0.5, 0.6) is 0 Å². The van der Waals surface area contributed by atoms with Gasteiger partial charge in [-0.1, -0.05) is 0 Å². The van der Waals surface area contributed by atoms with Crippen LogP contribution in [0.3, 0.4) is 0 Å². The van der Waals surface area contributed by atoms with Crippen LogP contribution in [0, 0.1) is 11.8 Å². The summed E-state index contributed by atoms with van der Waals surface area (Å²) in [5.74, 6) is 1.25. The van der Waals surface area contributed by atoms with Gasteiger partial charge in [-0.15, -0.1) is 0 Å². The first-order chi connectivity index (χ1) is 4.70. The van der Waals surface area contributed by atoms with Crippen LogP contribution in [0.2, 0.25) is 0 Å². The van der Waals surface area contributed by atoms with Crippen molar-refractivity contribution in [1.82, 2.24) is 4.90 Å². The van der Waals surface area contributed by atoms with Crippen LogP contribution in [-0.2, 0) is 0 Å². The predicted molar refractivity (Wildman–Crippen MR) is 39.7 cm³/mol. The zero-order valence-electron chi connectivity index (χ0n) is 6.62. The second-order valence-electron chi connectivity index (χ2n) is 3.87. The average molecular weight is 141 g/mol. The Hall–Kier alpha value is -0.0800. The first-order valence-corrected chi connectivity index (χ1v) is 4.12. The molecule has 2 heteroatoms.